The van der Waals surface area contributed by atoms with Crippen LogP contribution in [0.4, 0.5) is 0 Å². The molecule has 112 valence electrons. The van der Waals surface area contributed by atoms with Crippen LogP contribution in [0, 0.1) is 6.92 Å². The number of ether oxygens (including phenoxy) is 1. The Morgan fingerprint density at radius 2 is 2.36 bits per heavy atom. The number of nitrogens with zero attached hydrogens (tertiary/aromatic N) is 4. The van der Waals surface area contributed by atoms with Gasteiger partial charge in [-0.2, -0.15) is 0 Å². The molecule has 0 radical (unpaired) electrons. The van der Waals surface area contributed by atoms with E-state index < -0.39 is 5.97 Å². The maximum absolute atomic E-state index is 11.7. The number of esters is 1. The van der Waals surface area contributed by atoms with Gasteiger partial charge in [-0.1, -0.05) is 0 Å². The molecule has 0 fully saturated rings. The molecule has 0 N–H and O–H groups in total. The summed E-state index contributed by atoms with van der Waals surface area (Å²) in [7, 11) is 0. The van der Waals surface area contributed by atoms with Gasteiger partial charge in [0.1, 0.15) is 0 Å². The van der Waals surface area contributed by atoms with Crippen molar-refractivity contribution in [1.29, 1.82) is 0 Å². The summed E-state index contributed by atoms with van der Waals surface area (Å²) in [5, 5.41) is 3.38. The van der Waals surface area contributed by atoms with Crippen molar-refractivity contribution in [1.82, 2.24) is 4.98 Å². The standard InChI is InChI=1S/C15H14N4O2Se/c1-3-21-15(20)13(18-19-16)8-12-9-22-14(17-12)11-6-4-5-10(2)7-11/h4-9H,3H2,1-2H3/b13-8+. The summed E-state index contributed by atoms with van der Waals surface area (Å²) in [5.74, 6) is -0.645. The summed E-state index contributed by atoms with van der Waals surface area (Å²) < 4.78 is 5.83. The van der Waals surface area contributed by atoms with Gasteiger partial charge in [-0.05, 0) is 0 Å². The molecule has 22 heavy (non-hydrogen) atoms. The quantitative estimate of drug-likeness (QED) is 0.204. The van der Waals surface area contributed by atoms with E-state index in [4.69, 9.17) is 10.3 Å². The van der Waals surface area contributed by atoms with Crippen molar-refractivity contribution in [3.63, 3.8) is 0 Å². The monoisotopic (exact) mass is 362 g/mol. The van der Waals surface area contributed by atoms with Crippen molar-refractivity contribution in [2.24, 2.45) is 5.11 Å². The van der Waals surface area contributed by atoms with Crippen LogP contribution in [0.5, 0.6) is 0 Å². The minimum atomic E-state index is -0.645. The van der Waals surface area contributed by atoms with E-state index in [9.17, 15) is 4.79 Å². The number of carbonyl (C=O) groups is 1. The average molecular weight is 361 g/mol. The number of azide groups is 1. The van der Waals surface area contributed by atoms with Crippen LogP contribution in [-0.2, 0) is 9.53 Å². The van der Waals surface area contributed by atoms with Crippen molar-refractivity contribution >= 4 is 26.5 Å². The molecule has 0 bridgehead atoms. The second-order valence-electron chi connectivity index (χ2n) is 4.39. The van der Waals surface area contributed by atoms with E-state index >= 15 is 0 Å². The first-order valence-electron chi connectivity index (χ1n) is 6.60. The second-order valence-corrected chi connectivity index (χ2v) is 6.19. The normalized spacial score (nSPS) is 10.9. The van der Waals surface area contributed by atoms with Crippen LogP contribution in [0.1, 0.15) is 18.2 Å². The van der Waals surface area contributed by atoms with E-state index in [0.717, 1.165) is 10.1 Å². The third kappa shape index (κ3) is 4.08. The van der Waals surface area contributed by atoms with Crippen LogP contribution in [0.15, 0.2) is 40.0 Å². The van der Waals surface area contributed by atoms with Crippen molar-refractivity contribution < 1.29 is 9.53 Å². The molecule has 0 aliphatic rings. The molecule has 0 unspecified atom stereocenters. The molecule has 7 heteroatoms. The Morgan fingerprint density at radius 1 is 1.55 bits per heavy atom. The molecule has 0 aliphatic carbocycles. The van der Waals surface area contributed by atoms with E-state index in [-0.39, 0.29) is 26.8 Å². The van der Waals surface area contributed by atoms with Gasteiger partial charge < -0.3 is 0 Å². The molecule has 0 amide bonds. The van der Waals surface area contributed by atoms with Gasteiger partial charge in [0.25, 0.3) is 0 Å². The molecule has 2 rings (SSSR count). The molecule has 0 spiro atoms. The molecule has 0 aliphatic heterocycles. The van der Waals surface area contributed by atoms with Gasteiger partial charge in [-0.15, -0.1) is 0 Å². The SMILES string of the molecule is CCOC(=O)/C(=C\c1c[se]c(-c2cccc(C)c2)n1)N=[N+]=[N-]. The number of hydrogen-bond acceptors (Lipinski definition) is 4. The molecule has 1 heterocycles. The summed E-state index contributed by atoms with van der Waals surface area (Å²) in [5.41, 5.74) is 11.3. The zero-order chi connectivity index (χ0) is 15.9. The van der Waals surface area contributed by atoms with Crippen LogP contribution in [-0.4, -0.2) is 32.1 Å². The Labute approximate surface area is 133 Å². The van der Waals surface area contributed by atoms with Gasteiger partial charge in [-0.25, -0.2) is 0 Å². The summed E-state index contributed by atoms with van der Waals surface area (Å²) >= 11 is 0.0791. The number of rotatable bonds is 5. The Balaban J connectivity index is 2.31. The van der Waals surface area contributed by atoms with Crippen LogP contribution in [0.25, 0.3) is 26.7 Å². The summed E-state index contributed by atoms with van der Waals surface area (Å²) in [6.45, 7) is 3.94. The maximum atomic E-state index is 11.7. The molecule has 1 aromatic heterocycles. The van der Waals surface area contributed by atoms with Crippen molar-refractivity contribution in [3.8, 4) is 10.1 Å². The summed E-state index contributed by atoms with van der Waals surface area (Å²) in [4.78, 5) is 20.8. The Hall–Kier alpha value is -2.33. The molecular weight excluding hydrogens is 347 g/mol. The van der Waals surface area contributed by atoms with Crippen LogP contribution in [0.3, 0.4) is 0 Å². The Kier molecular flexibility index (Phi) is 5.55. The molecule has 1 aromatic carbocycles. The fourth-order valence-corrected chi connectivity index (χ4v) is 3.41. The van der Waals surface area contributed by atoms with Gasteiger partial charge >= 0.3 is 133 Å². The predicted molar refractivity (Wildman–Crippen MR) is 85.1 cm³/mol. The van der Waals surface area contributed by atoms with Crippen LogP contribution >= 0.6 is 0 Å². The number of hydrogen-bond donors (Lipinski definition) is 0. The van der Waals surface area contributed by atoms with Gasteiger partial charge in [0.2, 0.25) is 0 Å². The van der Waals surface area contributed by atoms with Gasteiger partial charge in [0.05, 0.1) is 0 Å². The summed E-state index contributed by atoms with van der Waals surface area (Å²) in [6, 6.07) is 8.09. The topological polar surface area (TPSA) is 88.0 Å². The van der Waals surface area contributed by atoms with E-state index in [1.54, 1.807) is 6.92 Å². The van der Waals surface area contributed by atoms with Crippen LogP contribution in [0.2, 0.25) is 0 Å². The van der Waals surface area contributed by atoms with Crippen LogP contribution < -0.4 is 0 Å². The van der Waals surface area contributed by atoms with Crippen molar-refractivity contribution in [2.45, 2.75) is 13.8 Å². The van der Waals surface area contributed by atoms with Crippen molar-refractivity contribution in [2.75, 3.05) is 6.61 Å². The third-order valence-electron chi connectivity index (χ3n) is 2.71. The van der Waals surface area contributed by atoms with Gasteiger partial charge in [0, 0.05) is 0 Å². The fourth-order valence-electron chi connectivity index (χ4n) is 1.79. The molecule has 0 atom stereocenters. The van der Waals surface area contributed by atoms with Gasteiger partial charge in [-0.3, -0.25) is 0 Å². The number of aryl methyl sites for hydroxylation is 1. The van der Waals surface area contributed by atoms with E-state index in [1.807, 2.05) is 30.1 Å². The van der Waals surface area contributed by atoms with E-state index in [1.165, 1.54) is 11.6 Å². The zero-order valence-electron chi connectivity index (χ0n) is 12.2. The average Bonchev–Trinajstić information content (AvgIpc) is 2.96. The predicted octanol–water partition coefficient (Wildman–Crippen LogP) is 3.33. The minimum absolute atomic E-state index is 0.0791. The number of benzene rings is 1. The second kappa shape index (κ2) is 7.61. The molecule has 6 nitrogen and oxygen atoms in total. The molecular formula is C15H14N4O2Se. The van der Waals surface area contributed by atoms with E-state index in [2.05, 4.69) is 21.1 Å². The Morgan fingerprint density at radius 3 is 3.05 bits per heavy atom. The van der Waals surface area contributed by atoms with E-state index in [0.29, 0.717) is 5.69 Å². The first-order chi connectivity index (χ1) is 10.6. The number of aromatic nitrogens is 1. The molecule has 2 aromatic rings. The fraction of sp³-hybridized carbons (Fsp3) is 0.200. The Bertz CT molecular complexity index is 760. The summed E-state index contributed by atoms with van der Waals surface area (Å²) in [6.07, 6.45) is 1.46. The molecule has 0 saturated carbocycles. The number of carbonyl (C=O) groups excluding carboxylic acids is 1. The van der Waals surface area contributed by atoms with Gasteiger partial charge in [0.15, 0.2) is 0 Å². The first kappa shape index (κ1) is 16.0. The third-order valence-corrected chi connectivity index (χ3v) is 4.62. The zero-order valence-corrected chi connectivity index (χ0v) is 13.9. The first-order valence-corrected chi connectivity index (χ1v) is 8.45. The van der Waals surface area contributed by atoms with Crippen molar-refractivity contribution in [3.05, 3.63) is 56.6 Å². The molecule has 0 saturated heterocycles.